The minimum atomic E-state index is -0.982. The van der Waals surface area contributed by atoms with Crippen molar-refractivity contribution in [2.24, 2.45) is 0 Å². The van der Waals surface area contributed by atoms with Crippen LogP contribution in [0.1, 0.15) is 5.69 Å². The van der Waals surface area contributed by atoms with Crippen LogP contribution in [0.4, 0.5) is 0 Å². The molecule has 1 heterocycles. The molecule has 1 aromatic rings. The van der Waals surface area contributed by atoms with Gasteiger partial charge in [-0.1, -0.05) is 11.6 Å². The number of aromatic nitrogens is 1. The fourth-order valence-corrected chi connectivity index (χ4v) is 0.889. The van der Waals surface area contributed by atoms with Gasteiger partial charge < -0.3 is 10.2 Å². The van der Waals surface area contributed by atoms with Crippen LogP contribution < -0.4 is 0 Å². The van der Waals surface area contributed by atoms with Crippen molar-refractivity contribution in [1.29, 1.82) is 0 Å². The van der Waals surface area contributed by atoms with Gasteiger partial charge in [-0.3, -0.25) is 4.79 Å². The van der Waals surface area contributed by atoms with Gasteiger partial charge in [-0.2, -0.15) is 0 Å². The number of hydrogen-bond acceptors (Lipinski definition) is 3. The fourth-order valence-electron chi connectivity index (χ4n) is 0.718. The Labute approximate surface area is 73.4 Å². The van der Waals surface area contributed by atoms with Crippen molar-refractivity contribution >= 4 is 17.6 Å². The van der Waals surface area contributed by atoms with E-state index in [1.165, 1.54) is 12.1 Å². The van der Waals surface area contributed by atoms with Gasteiger partial charge in [0.15, 0.2) is 10.9 Å². The summed E-state index contributed by atoms with van der Waals surface area (Å²) in [6.07, 6.45) is -0.194. The van der Waals surface area contributed by atoms with Crippen LogP contribution in [-0.2, 0) is 11.2 Å². The Kier molecular flexibility index (Phi) is 2.50. The summed E-state index contributed by atoms with van der Waals surface area (Å²) >= 11 is 5.44. The van der Waals surface area contributed by atoms with E-state index >= 15 is 0 Å². The molecule has 0 atom stereocenters. The van der Waals surface area contributed by atoms with Crippen molar-refractivity contribution < 1.29 is 15.0 Å². The molecule has 0 saturated heterocycles. The normalized spacial score (nSPS) is 9.75. The Hall–Kier alpha value is -1.29. The Balaban J connectivity index is 2.89. The zero-order valence-corrected chi connectivity index (χ0v) is 6.75. The smallest absolute Gasteiger partial charge is 0.309 e. The third kappa shape index (κ3) is 2.10. The zero-order chi connectivity index (χ0) is 9.14. The number of halogens is 1. The Morgan fingerprint density at radius 3 is 2.75 bits per heavy atom. The molecule has 0 aliphatic carbocycles. The van der Waals surface area contributed by atoms with E-state index < -0.39 is 5.97 Å². The summed E-state index contributed by atoms with van der Waals surface area (Å²) in [4.78, 5) is 13.9. The molecular formula is C7H6ClNO3. The molecule has 5 heteroatoms. The van der Waals surface area contributed by atoms with E-state index in [-0.39, 0.29) is 17.3 Å². The maximum Gasteiger partial charge on any atom is 0.309 e. The van der Waals surface area contributed by atoms with Crippen molar-refractivity contribution in [2.45, 2.75) is 6.42 Å². The predicted octanol–water partition coefficient (Wildman–Crippen LogP) is 1.07. The Morgan fingerprint density at radius 1 is 1.58 bits per heavy atom. The predicted molar refractivity (Wildman–Crippen MR) is 42.3 cm³/mol. The first-order valence-electron chi connectivity index (χ1n) is 3.16. The Bertz CT molecular complexity index is 314. The van der Waals surface area contributed by atoms with Gasteiger partial charge >= 0.3 is 5.97 Å². The van der Waals surface area contributed by atoms with Gasteiger partial charge in [0.25, 0.3) is 0 Å². The molecule has 1 rings (SSSR count). The number of hydrogen-bond donors (Lipinski definition) is 2. The van der Waals surface area contributed by atoms with Crippen LogP contribution in [0, 0.1) is 0 Å². The van der Waals surface area contributed by atoms with E-state index in [2.05, 4.69) is 4.98 Å². The van der Waals surface area contributed by atoms with E-state index in [4.69, 9.17) is 21.8 Å². The number of aliphatic carboxylic acids is 1. The van der Waals surface area contributed by atoms with Gasteiger partial charge in [0.05, 0.1) is 12.1 Å². The van der Waals surface area contributed by atoms with Gasteiger partial charge in [-0.05, 0) is 12.1 Å². The van der Waals surface area contributed by atoms with Crippen molar-refractivity contribution in [2.75, 3.05) is 0 Å². The quantitative estimate of drug-likeness (QED) is 0.680. The molecule has 0 amide bonds. The molecule has 0 radical (unpaired) electrons. The molecule has 0 saturated carbocycles. The van der Waals surface area contributed by atoms with Crippen LogP contribution in [0.25, 0.3) is 0 Å². The molecule has 0 aliphatic rings. The summed E-state index contributed by atoms with van der Waals surface area (Å²) in [5.41, 5.74) is 0.324. The number of pyridine rings is 1. The van der Waals surface area contributed by atoms with Crippen LogP contribution in [0.2, 0.25) is 5.15 Å². The van der Waals surface area contributed by atoms with E-state index in [0.29, 0.717) is 5.69 Å². The third-order valence-corrected chi connectivity index (χ3v) is 1.50. The monoisotopic (exact) mass is 187 g/mol. The third-order valence-electron chi connectivity index (χ3n) is 1.22. The van der Waals surface area contributed by atoms with Gasteiger partial charge in [0, 0.05) is 0 Å². The second kappa shape index (κ2) is 3.40. The summed E-state index contributed by atoms with van der Waals surface area (Å²) in [6.45, 7) is 0. The summed E-state index contributed by atoms with van der Waals surface area (Å²) in [5.74, 6) is -1.13. The lowest BCUT2D eigenvalue weighted by atomic mass is 10.3. The lowest BCUT2D eigenvalue weighted by Gasteiger charge is -1.98. The van der Waals surface area contributed by atoms with Gasteiger partial charge in [0.2, 0.25) is 0 Å². The topological polar surface area (TPSA) is 70.4 Å². The first-order chi connectivity index (χ1) is 5.59. The van der Waals surface area contributed by atoms with Crippen LogP contribution in [0.15, 0.2) is 12.1 Å². The van der Waals surface area contributed by atoms with Crippen molar-refractivity contribution in [3.05, 3.63) is 23.0 Å². The second-order valence-electron chi connectivity index (χ2n) is 2.18. The number of carbonyl (C=O) groups is 1. The SMILES string of the molecule is O=C(O)Cc1ccc(O)c(Cl)n1. The maximum atomic E-state index is 10.2. The highest BCUT2D eigenvalue weighted by atomic mass is 35.5. The lowest BCUT2D eigenvalue weighted by Crippen LogP contribution is -2.01. The molecule has 0 spiro atoms. The largest absolute Gasteiger partial charge is 0.505 e. The Morgan fingerprint density at radius 2 is 2.25 bits per heavy atom. The summed E-state index contributed by atoms with van der Waals surface area (Å²) in [6, 6.07) is 2.73. The first kappa shape index (κ1) is 8.80. The van der Waals surface area contributed by atoms with Crippen LogP contribution in [0.5, 0.6) is 5.75 Å². The molecular weight excluding hydrogens is 182 g/mol. The average molecular weight is 188 g/mol. The highest BCUT2D eigenvalue weighted by molar-refractivity contribution is 6.30. The van der Waals surface area contributed by atoms with E-state index in [1.54, 1.807) is 0 Å². The van der Waals surface area contributed by atoms with Crippen LogP contribution >= 0.6 is 11.6 Å². The molecule has 2 N–H and O–H groups in total. The standard InChI is InChI=1S/C7H6ClNO3/c8-7-5(10)2-1-4(9-7)3-6(11)12/h1-2,10H,3H2,(H,11,12). The molecule has 4 nitrogen and oxygen atoms in total. The molecule has 0 aliphatic heterocycles. The van der Waals surface area contributed by atoms with Crippen molar-refractivity contribution in [3.8, 4) is 5.75 Å². The molecule has 0 bridgehead atoms. The molecule has 12 heavy (non-hydrogen) atoms. The highest BCUT2D eigenvalue weighted by Gasteiger charge is 2.04. The molecule has 64 valence electrons. The zero-order valence-electron chi connectivity index (χ0n) is 5.99. The number of rotatable bonds is 2. The molecule has 0 unspecified atom stereocenters. The summed E-state index contributed by atoms with van der Waals surface area (Å²) in [5, 5.41) is 17.2. The van der Waals surface area contributed by atoms with Gasteiger partial charge in [-0.15, -0.1) is 0 Å². The number of carboxylic acids is 1. The summed E-state index contributed by atoms with van der Waals surface area (Å²) < 4.78 is 0. The van der Waals surface area contributed by atoms with Crippen molar-refractivity contribution in [3.63, 3.8) is 0 Å². The maximum absolute atomic E-state index is 10.2. The van der Waals surface area contributed by atoms with Gasteiger partial charge in [0.1, 0.15) is 0 Å². The van der Waals surface area contributed by atoms with Crippen LogP contribution in [0.3, 0.4) is 0 Å². The highest BCUT2D eigenvalue weighted by Crippen LogP contribution is 2.19. The van der Waals surface area contributed by atoms with Gasteiger partial charge in [-0.25, -0.2) is 4.98 Å². The minimum Gasteiger partial charge on any atom is -0.505 e. The first-order valence-corrected chi connectivity index (χ1v) is 3.53. The molecule has 0 fully saturated rings. The average Bonchev–Trinajstić information content (AvgIpc) is 1.96. The minimum absolute atomic E-state index is 0.0752. The van der Waals surface area contributed by atoms with Crippen molar-refractivity contribution in [1.82, 2.24) is 4.98 Å². The molecule has 1 aromatic heterocycles. The number of aromatic hydroxyl groups is 1. The number of nitrogens with zero attached hydrogens (tertiary/aromatic N) is 1. The summed E-state index contributed by atoms with van der Waals surface area (Å²) in [7, 11) is 0. The van der Waals surface area contributed by atoms with E-state index in [9.17, 15) is 4.79 Å². The van der Waals surface area contributed by atoms with E-state index in [0.717, 1.165) is 0 Å². The second-order valence-corrected chi connectivity index (χ2v) is 2.54. The lowest BCUT2D eigenvalue weighted by molar-refractivity contribution is -0.136. The van der Waals surface area contributed by atoms with Crippen LogP contribution in [-0.4, -0.2) is 21.2 Å². The fraction of sp³-hybridized carbons (Fsp3) is 0.143. The number of carboxylic acid groups (broad SMARTS) is 1. The molecule has 0 aromatic carbocycles. The van der Waals surface area contributed by atoms with E-state index in [1.807, 2.05) is 0 Å².